The molecule has 0 unspecified atom stereocenters. The molecule has 0 saturated carbocycles. The van der Waals surface area contributed by atoms with Crippen molar-refractivity contribution >= 4 is 34.2 Å². The second-order valence-electron chi connectivity index (χ2n) is 7.17. The van der Waals surface area contributed by atoms with Crippen LogP contribution in [-0.2, 0) is 5.88 Å². The number of benzene rings is 1. The van der Waals surface area contributed by atoms with Gasteiger partial charge in [-0.25, -0.2) is 15.0 Å². The Balaban J connectivity index is 0.000000728. The number of imidazole rings is 1. The first kappa shape index (κ1) is 24.5. The maximum Gasteiger partial charge on any atom is 0.165 e. The van der Waals surface area contributed by atoms with Gasteiger partial charge in [0.05, 0.1) is 11.3 Å². The van der Waals surface area contributed by atoms with Crippen molar-refractivity contribution < 1.29 is 0 Å². The highest BCUT2D eigenvalue weighted by Crippen LogP contribution is 2.32. The number of aromatic nitrogens is 4. The first-order chi connectivity index (χ1) is 16.2. The number of anilines is 1. The van der Waals surface area contributed by atoms with Crippen molar-refractivity contribution in [2.45, 2.75) is 52.8 Å². The third-order valence-electron chi connectivity index (χ3n) is 5.30. The number of alkyl halides is 1. The van der Waals surface area contributed by atoms with Crippen molar-refractivity contribution in [3.05, 3.63) is 72.1 Å². The van der Waals surface area contributed by atoms with E-state index < -0.39 is 0 Å². The Labute approximate surface area is 201 Å². The van der Waals surface area contributed by atoms with Crippen molar-refractivity contribution in [3.63, 3.8) is 0 Å². The summed E-state index contributed by atoms with van der Waals surface area (Å²) in [5.74, 6) is 1.65. The van der Waals surface area contributed by atoms with Gasteiger partial charge in [-0.05, 0) is 66.8 Å². The summed E-state index contributed by atoms with van der Waals surface area (Å²) in [4.78, 5) is 14.1. The zero-order valence-corrected chi connectivity index (χ0v) is 20.6. The van der Waals surface area contributed by atoms with Gasteiger partial charge in [0.15, 0.2) is 11.5 Å². The number of nitrogens with zero attached hydrogens (tertiary/aromatic N) is 4. The van der Waals surface area contributed by atoms with Gasteiger partial charge in [0.2, 0.25) is 0 Å². The molecule has 0 saturated heterocycles. The number of hydrogen-bond acceptors (Lipinski definition) is 4. The van der Waals surface area contributed by atoms with Crippen molar-refractivity contribution in [1.82, 2.24) is 19.5 Å². The van der Waals surface area contributed by atoms with E-state index >= 15 is 0 Å². The zero-order valence-electron chi connectivity index (χ0n) is 19.8. The third kappa shape index (κ3) is 5.09. The van der Waals surface area contributed by atoms with Gasteiger partial charge >= 0.3 is 0 Å². The molecule has 0 spiro atoms. The molecule has 0 atom stereocenters. The number of fused-ring (bicyclic) bond motifs is 1. The third-order valence-corrected chi connectivity index (χ3v) is 5.61. The van der Waals surface area contributed by atoms with E-state index in [-0.39, 0.29) is 0 Å². The molecule has 1 aromatic carbocycles. The Morgan fingerprint density at radius 1 is 0.970 bits per heavy atom. The second kappa shape index (κ2) is 11.6. The lowest BCUT2D eigenvalue weighted by atomic mass is 10.1. The summed E-state index contributed by atoms with van der Waals surface area (Å²) >= 11 is 5.98. The number of allylic oxidation sites excluding steroid dienone is 2. The lowest BCUT2D eigenvalue weighted by Gasteiger charge is -2.11. The Morgan fingerprint density at radius 2 is 1.73 bits per heavy atom. The summed E-state index contributed by atoms with van der Waals surface area (Å²) in [6.07, 6.45) is 7.34. The molecular formula is C27H32ClN5. The van der Waals surface area contributed by atoms with Crippen LogP contribution in [0, 0.1) is 0 Å². The van der Waals surface area contributed by atoms with Crippen molar-refractivity contribution in [2.24, 2.45) is 0 Å². The Bertz CT molecular complexity index is 1230. The highest BCUT2D eigenvalue weighted by molar-refractivity contribution is 6.17. The smallest absolute Gasteiger partial charge is 0.165 e. The van der Waals surface area contributed by atoms with Gasteiger partial charge in [-0.2, -0.15) is 0 Å². The minimum absolute atomic E-state index is 0.445. The van der Waals surface area contributed by atoms with Gasteiger partial charge in [0.1, 0.15) is 11.3 Å². The van der Waals surface area contributed by atoms with Gasteiger partial charge in [0, 0.05) is 17.8 Å². The van der Waals surface area contributed by atoms with Crippen LogP contribution in [0.2, 0.25) is 0 Å². The highest BCUT2D eigenvalue weighted by Gasteiger charge is 2.19. The van der Waals surface area contributed by atoms with E-state index in [9.17, 15) is 0 Å². The van der Waals surface area contributed by atoms with Gasteiger partial charge in [-0.3, -0.25) is 4.57 Å². The molecule has 0 fully saturated rings. The lowest BCUT2D eigenvalue weighted by Crippen LogP contribution is -2.02. The van der Waals surface area contributed by atoms with E-state index in [2.05, 4.69) is 21.7 Å². The molecule has 33 heavy (non-hydrogen) atoms. The highest BCUT2D eigenvalue weighted by atomic mass is 35.5. The molecule has 1 aliphatic rings. The first-order valence-electron chi connectivity index (χ1n) is 11.7. The fraction of sp³-hybridized carbons (Fsp3) is 0.296. The summed E-state index contributed by atoms with van der Waals surface area (Å²) in [5, 5.41) is 0. The van der Waals surface area contributed by atoms with E-state index in [4.69, 9.17) is 27.3 Å². The maximum absolute atomic E-state index is 6.19. The van der Waals surface area contributed by atoms with E-state index in [0.717, 1.165) is 52.3 Å². The number of pyridine rings is 2. The van der Waals surface area contributed by atoms with Gasteiger partial charge in [0.25, 0.3) is 0 Å². The molecule has 4 aromatic rings. The number of nitrogen functional groups attached to an aromatic ring is 1. The summed E-state index contributed by atoms with van der Waals surface area (Å²) in [5.41, 5.74) is 13.0. The van der Waals surface area contributed by atoms with Crippen LogP contribution in [0.1, 0.15) is 58.2 Å². The molecule has 1 aliphatic carbocycles. The zero-order chi connectivity index (χ0) is 23.8. The number of nitrogens with two attached hydrogens (primary N) is 1. The second-order valence-corrected chi connectivity index (χ2v) is 7.44. The normalized spacial score (nSPS) is 12.5. The molecule has 0 bridgehead atoms. The summed E-state index contributed by atoms with van der Waals surface area (Å²) in [6, 6.07) is 16.0. The Morgan fingerprint density at radius 3 is 2.36 bits per heavy atom. The molecule has 5 rings (SSSR count). The van der Waals surface area contributed by atoms with Crippen molar-refractivity contribution in [3.8, 4) is 17.1 Å². The topological polar surface area (TPSA) is 69.6 Å². The SMILES string of the molecule is CC.CC.Nc1ncccc1-c1nc2ccc(C3=CCCC3)nc2n1-c1ccc(CCl)cc1. The van der Waals surface area contributed by atoms with Crippen LogP contribution in [-0.4, -0.2) is 19.5 Å². The standard InChI is InChI=1S/C23H20ClN5.2C2H6/c24-14-15-7-9-17(10-8-15)29-22(18-6-3-13-26-21(18)25)28-20-12-11-19(27-23(20)29)16-4-1-2-5-16;2*1-2/h3-4,6-13H,1-2,5,14H2,(H2,25,26);2*1-2H3. The van der Waals surface area contributed by atoms with Crippen LogP contribution >= 0.6 is 11.6 Å². The average molecular weight is 462 g/mol. The van der Waals surface area contributed by atoms with E-state index in [1.54, 1.807) is 6.20 Å². The molecule has 172 valence electrons. The van der Waals surface area contributed by atoms with Crippen LogP contribution in [0.5, 0.6) is 0 Å². The molecule has 6 heteroatoms. The van der Waals surface area contributed by atoms with Gasteiger partial charge < -0.3 is 5.73 Å². The fourth-order valence-corrected chi connectivity index (χ4v) is 3.98. The summed E-state index contributed by atoms with van der Waals surface area (Å²) in [6.45, 7) is 8.00. The summed E-state index contributed by atoms with van der Waals surface area (Å²) < 4.78 is 2.06. The largest absolute Gasteiger partial charge is 0.383 e. The quantitative estimate of drug-likeness (QED) is 0.321. The summed E-state index contributed by atoms with van der Waals surface area (Å²) in [7, 11) is 0. The molecule has 2 N–H and O–H groups in total. The molecule has 0 aliphatic heterocycles. The fourth-order valence-electron chi connectivity index (χ4n) is 3.81. The minimum atomic E-state index is 0.445. The lowest BCUT2D eigenvalue weighted by molar-refractivity contribution is 0.933. The van der Waals surface area contributed by atoms with Crippen LogP contribution in [0.3, 0.4) is 0 Å². The predicted molar refractivity (Wildman–Crippen MR) is 141 cm³/mol. The van der Waals surface area contributed by atoms with Gasteiger partial charge in [-0.1, -0.05) is 45.9 Å². The van der Waals surface area contributed by atoms with Gasteiger partial charge in [-0.15, -0.1) is 11.6 Å². The van der Waals surface area contributed by atoms with E-state index in [0.29, 0.717) is 11.7 Å². The number of halogens is 1. The number of hydrogen-bond donors (Lipinski definition) is 1. The molecule has 3 heterocycles. The molecule has 0 amide bonds. The predicted octanol–water partition coefficient (Wildman–Crippen LogP) is 7.42. The Hall–Kier alpha value is -3.18. The average Bonchev–Trinajstić information content (AvgIpc) is 3.55. The van der Waals surface area contributed by atoms with Crippen LogP contribution < -0.4 is 5.73 Å². The van der Waals surface area contributed by atoms with Crippen molar-refractivity contribution in [1.29, 1.82) is 0 Å². The van der Waals surface area contributed by atoms with E-state index in [1.807, 2.05) is 70.2 Å². The number of rotatable bonds is 4. The molecular weight excluding hydrogens is 430 g/mol. The molecule has 0 radical (unpaired) electrons. The molecule has 5 nitrogen and oxygen atoms in total. The van der Waals surface area contributed by atoms with Crippen LogP contribution in [0.15, 0.2) is 60.8 Å². The Kier molecular flexibility index (Phi) is 8.61. The van der Waals surface area contributed by atoms with Crippen molar-refractivity contribution in [2.75, 3.05) is 5.73 Å². The monoisotopic (exact) mass is 461 g/mol. The maximum atomic E-state index is 6.19. The molecule has 3 aromatic heterocycles. The van der Waals surface area contributed by atoms with E-state index in [1.165, 1.54) is 12.0 Å². The van der Waals surface area contributed by atoms with Crippen LogP contribution in [0.4, 0.5) is 5.82 Å². The first-order valence-corrected chi connectivity index (χ1v) is 12.2. The minimum Gasteiger partial charge on any atom is -0.383 e. The van der Waals surface area contributed by atoms with Crippen LogP contribution in [0.25, 0.3) is 33.8 Å².